The maximum atomic E-state index is 13.2. The van der Waals surface area contributed by atoms with Gasteiger partial charge in [-0.1, -0.05) is 18.2 Å². The number of hydrogen-bond acceptors (Lipinski definition) is 8. The zero-order valence-electron chi connectivity index (χ0n) is 22.3. The molecular formula is C25H37N9O7. The molecule has 0 saturated carbocycles. The fraction of sp³-hybridized carbons (Fsp3) is 0.440. The lowest BCUT2D eigenvalue weighted by Gasteiger charge is -2.24. The van der Waals surface area contributed by atoms with Crippen LogP contribution in [0.1, 0.15) is 31.2 Å². The number of benzene rings is 1. The Hall–Kier alpha value is -4.70. The predicted octanol–water partition coefficient (Wildman–Crippen LogP) is -3.11. The average molecular weight is 576 g/mol. The summed E-state index contributed by atoms with van der Waals surface area (Å²) in [7, 11) is 0. The maximum absolute atomic E-state index is 13.2. The Balaban J connectivity index is 2.14. The molecule has 4 unspecified atom stereocenters. The van der Waals surface area contributed by atoms with Crippen LogP contribution < -0.4 is 38.9 Å². The Morgan fingerprint density at radius 1 is 0.902 bits per heavy atom. The first kappa shape index (κ1) is 32.5. The first-order valence-corrected chi connectivity index (χ1v) is 12.8. The van der Waals surface area contributed by atoms with Crippen molar-refractivity contribution >= 4 is 46.5 Å². The highest BCUT2D eigenvalue weighted by Gasteiger charge is 2.30. The van der Waals surface area contributed by atoms with E-state index in [4.69, 9.17) is 22.9 Å². The topological polar surface area (TPSA) is 294 Å². The molecule has 0 bridgehead atoms. The number of fused-ring (bicyclic) bond motifs is 1. The molecule has 4 atom stereocenters. The third-order valence-corrected chi connectivity index (χ3v) is 6.15. The number of nitrogens with zero attached hydrogens (tertiary/aromatic N) is 1. The normalized spacial score (nSPS) is 13.8. The molecule has 2 aromatic rings. The Bertz CT molecular complexity index is 1260. The number of aliphatic imine (C=N–C) groups is 1. The number of rotatable bonds is 17. The molecule has 1 aromatic heterocycles. The number of carbonyl (C=O) groups excluding carboxylic acids is 4. The van der Waals surface area contributed by atoms with E-state index in [0.717, 1.165) is 10.9 Å². The second-order valence-corrected chi connectivity index (χ2v) is 9.33. The van der Waals surface area contributed by atoms with Crippen molar-refractivity contribution in [1.82, 2.24) is 20.9 Å². The van der Waals surface area contributed by atoms with Gasteiger partial charge in [0.25, 0.3) is 0 Å². The Morgan fingerprint density at radius 2 is 1.54 bits per heavy atom. The molecule has 2 rings (SSSR count). The van der Waals surface area contributed by atoms with Crippen molar-refractivity contribution in [2.75, 3.05) is 13.2 Å². The second kappa shape index (κ2) is 15.8. The van der Waals surface area contributed by atoms with Crippen molar-refractivity contribution < 1.29 is 34.2 Å². The fourth-order valence-corrected chi connectivity index (χ4v) is 3.94. The number of hydrogen-bond donors (Lipinski definition) is 10. The number of carboxylic acid groups (broad SMARTS) is 1. The van der Waals surface area contributed by atoms with Gasteiger partial charge in [-0.3, -0.25) is 24.2 Å². The standard InChI is InChI=1S/C25H37N9O7/c26-15(7-8-20(27)36)21(37)34-19(12-35)23(39)32-17(6-3-9-30-25(28)29)22(38)33-18(24(40)41)10-13-11-31-16-5-2-1-4-14(13)16/h1-2,4-5,11,15,17-19,31,35H,3,6-10,12,26H2,(H2,27,36)(H,32,39)(H,33,38)(H,34,37)(H,40,41)(H4,28,29,30). The van der Waals surface area contributed by atoms with Crippen LogP contribution in [0.25, 0.3) is 10.9 Å². The Morgan fingerprint density at radius 3 is 2.17 bits per heavy atom. The second-order valence-electron chi connectivity index (χ2n) is 9.33. The summed E-state index contributed by atoms with van der Waals surface area (Å²) < 4.78 is 0. The summed E-state index contributed by atoms with van der Waals surface area (Å²) in [5.74, 6) is -4.68. The molecule has 0 radical (unpaired) electrons. The summed E-state index contributed by atoms with van der Waals surface area (Å²) in [5.41, 5.74) is 22.9. The van der Waals surface area contributed by atoms with Gasteiger partial charge in [0, 0.05) is 36.5 Å². The van der Waals surface area contributed by atoms with Gasteiger partial charge >= 0.3 is 5.97 Å². The summed E-state index contributed by atoms with van der Waals surface area (Å²) in [6.45, 7) is -0.713. The number of aromatic nitrogens is 1. The Labute approximate surface area is 235 Å². The number of aliphatic hydroxyl groups excluding tert-OH is 1. The Kier molecular flexibility index (Phi) is 12.5. The number of para-hydroxylation sites is 1. The van der Waals surface area contributed by atoms with Crippen molar-refractivity contribution in [2.45, 2.75) is 56.3 Å². The summed E-state index contributed by atoms with van der Waals surface area (Å²) >= 11 is 0. The van der Waals surface area contributed by atoms with E-state index in [1.165, 1.54) is 0 Å². The van der Waals surface area contributed by atoms with Gasteiger partial charge in [0.1, 0.15) is 18.1 Å². The minimum absolute atomic E-state index is 0.00199. The van der Waals surface area contributed by atoms with E-state index in [2.05, 4.69) is 25.9 Å². The number of primary amides is 1. The van der Waals surface area contributed by atoms with Gasteiger partial charge < -0.3 is 54.1 Å². The zero-order valence-corrected chi connectivity index (χ0v) is 22.3. The molecule has 1 aromatic carbocycles. The van der Waals surface area contributed by atoms with Crippen LogP contribution >= 0.6 is 0 Å². The number of carboxylic acids is 1. The minimum Gasteiger partial charge on any atom is -0.480 e. The molecule has 1 heterocycles. The van der Waals surface area contributed by atoms with Crippen LogP contribution in [0.4, 0.5) is 0 Å². The van der Waals surface area contributed by atoms with Crippen LogP contribution in [0, 0.1) is 0 Å². The predicted molar refractivity (Wildman–Crippen MR) is 149 cm³/mol. The van der Waals surface area contributed by atoms with Gasteiger partial charge in [0.2, 0.25) is 23.6 Å². The van der Waals surface area contributed by atoms with Crippen molar-refractivity contribution in [3.63, 3.8) is 0 Å². The maximum Gasteiger partial charge on any atom is 0.326 e. The summed E-state index contributed by atoms with van der Waals surface area (Å²) in [6.07, 6.45) is 1.60. The molecule has 0 aliphatic rings. The largest absolute Gasteiger partial charge is 0.480 e. The lowest BCUT2D eigenvalue weighted by atomic mass is 10.0. The van der Waals surface area contributed by atoms with Crippen LogP contribution in [0.5, 0.6) is 0 Å². The van der Waals surface area contributed by atoms with Crippen LogP contribution in [-0.4, -0.2) is 88.1 Å². The number of nitrogens with one attached hydrogen (secondary N) is 4. The van der Waals surface area contributed by atoms with E-state index in [-0.39, 0.29) is 44.6 Å². The molecule has 0 saturated heterocycles. The number of H-pyrrole nitrogens is 1. The molecule has 0 aliphatic heterocycles. The molecule has 4 amide bonds. The molecule has 0 aliphatic carbocycles. The fourth-order valence-electron chi connectivity index (χ4n) is 3.94. The van der Waals surface area contributed by atoms with Gasteiger partial charge in [-0.05, 0) is 30.9 Å². The van der Waals surface area contributed by atoms with Gasteiger partial charge in [-0.25, -0.2) is 4.79 Å². The van der Waals surface area contributed by atoms with E-state index < -0.39 is 60.4 Å². The third kappa shape index (κ3) is 10.4. The van der Waals surface area contributed by atoms with Crippen LogP contribution in [0.3, 0.4) is 0 Å². The highest BCUT2D eigenvalue weighted by Crippen LogP contribution is 2.19. The molecule has 224 valence electrons. The highest BCUT2D eigenvalue weighted by molar-refractivity contribution is 5.94. The summed E-state index contributed by atoms with van der Waals surface area (Å²) in [4.78, 5) is 68.3. The lowest BCUT2D eigenvalue weighted by molar-refractivity contribution is -0.142. The summed E-state index contributed by atoms with van der Waals surface area (Å²) in [6, 6.07) is 2.00. The SMILES string of the molecule is NC(=O)CCC(N)C(=O)NC(CO)C(=O)NC(CCCN=C(N)N)C(=O)NC(Cc1c[nH]c2ccccc12)C(=O)O. The number of guanidine groups is 1. The van der Waals surface area contributed by atoms with Crippen molar-refractivity contribution in [1.29, 1.82) is 0 Å². The number of carbonyl (C=O) groups is 5. The van der Waals surface area contributed by atoms with Crippen LogP contribution in [0.2, 0.25) is 0 Å². The third-order valence-electron chi connectivity index (χ3n) is 6.15. The van der Waals surface area contributed by atoms with E-state index in [1.54, 1.807) is 12.3 Å². The monoisotopic (exact) mass is 575 g/mol. The molecule has 14 N–H and O–H groups in total. The molecule has 0 fully saturated rings. The van der Waals surface area contributed by atoms with Crippen LogP contribution in [0.15, 0.2) is 35.5 Å². The van der Waals surface area contributed by atoms with Gasteiger partial charge in [0.15, 0.2) is 5.96 Å². The highest BCUT2D eigenvalue weighted by atomic mass is 16.4. The molecule has 0 spiro atoms. The minimum atomic E-state index is -1.49. The number of nitrogens with two attached hydrogens (primary N) is 4. The molecular weight excluding hydrogens is 538 g/mol. The number of amides is 4. The zero-order chi connectivity index (χ0) is 30.5. The first-order chi connectivity index (χ1) is 19.4. The van der Waals surface area contributed by atoms with Crippen molar-refractivity contribution in [3.05, 3.63) is 36.0 Å². The van der Waals surface area contributed by atoms with Gasteiger partial charge in [0.05, 0.1) is 12.6 Å². The van der Waals surface area contributed by atoms with Crippen molar-refractivity contribution in [3.8, 4) is 0 Å². The number of aromatic amines is 1. The first-order valence-electron chi connectivity index (χ1n) is 12.8. The van der Waals surface area contributed by atoms with E-state index in [9.17, 15) is 34.2 Å². The smallest absolute Gasteiger partial charge is 0.326 e. The van der Waals surface area contributed by atoms with Gasteiger partial charge in [-0.2, -0.15) is 0 Å². The van der Waals surface area contributed by atoms with E-state index >= 15 is 0 Å². The van der Waals surface area contributed by atoms with Gasteiger partial charge in [-0.15, -0.1) is 0 Å². The average Bonchev–Trinajstić information content (AvgIpc) is 3.33. The van der Waals surface area contributed by atoms with Crippen LogP contribution in [-0.2, 0) is 30.4 Å². The van der Waals surface area contributed by atoms with E-state index in [0.29, 0.717) is 5.56 Å². The van der Waals surface area contributed by atoms with Crippen molar-refractivity contribution in [2.24, 2.45) is 27.9 Å². The molecule has 16 heteroatoms. The number of aliphatic carboxylic acids is 1. The number of aliphatic hydroxyl groups is 1. The lowest BCUT2D eigenvalue weighted by Crippen LogP contribution is -2.58. The van der Waals surface area contributed by atoms with E-state index in [1.807, 2.05) is 18.2 Å². The molecule has 41 heavy (non-hydrogen) atoms. The summed E-state index contributed by atoms with van der Waals surface area (Å²) in [5, 5.41) is 27.5. The quantitative estimate of drug-likeness (QED) is 0.0514. The molecule has 16 nitrogen and oxygen atoms in total.